The first-order chi connectivity index (χ1) is 11.0. The second-order valence-corrected chi connectivity index (χ2v) is 5.73. The summed E-state index contributed by atoms with van der Waals surface area (Å²) < 4.78 is 5.08. The maximum Gasteiger partial charge on any atom is 0.273 e. The molecule has 0 aliphatic rings. The Morgan fingerprint density at radius 2 is 2.09 bits per heavy atom. The lowest BCUT2D eigenvalue weighted by Crippen LogP contribution is -2.23. The van der Waals surface area contributed by atoms with Crippen molar-refractivity contribution in [2.24, 2.45) is 0 Å². The maximum atomic E-state index is 12.2. The van der Waals surface area contributed by atoms with E-state index in [0.29, 0.717) is 10.8 Å². The fraction of sp³-hybridized carbons (Fsp3) is 0.214. The number of amides is 1. The van der Waals surface area contributed by atoms with Crippen LogP contribution in [-0.2, 0) is 4.79 Å². The van der Waals surface area contributed by atoms with Gasteiger partial charge in [0.15, 0.2) is 5.16 Å². The number of nitrogens with zero attached hydrogens (tertiary/aromatic N) is 3. The highest BCUT2D eigenvalue weighted by Crippen LogP contribution is 2.30. The Kier molecular flexibility index (Phi) is 5.47. The molecule has 0 bridgehead atoms. The Morgan fingerprint density at radius 3 is 2.70 bits per heavy atom. The molecule has 0 spiro atoms. The van der Waals surface area contributed by atoms with Gasteiger partial charge in [0.1, 0.15) is 5.75 Å². The van der Waals surface area contributed by atoms with Gasteiger partial charge in [-0.3, -0.25) is 14.9 Å². The number of aromatic nitrogens is 2. The monoisotopic (exact) mass is 334 g/mol. The summed E-state index contributed by atoms with van der Waals surface area (Å²) in [7, 11) is 1.38. The van der Waals surface area contributed by atoms with Crippen LogP contribution in [0.4, 0.5) is 11.4 Å². The maximum absolute atomic E-state index is 12.2. The van der Waals surface area contributed by atoms with E-state index < -0.39 is 10.2 Å². The Labute approximate surface area is 136 Å². The number of hydrogen-bond donors (Lipinski definition) is 1. The van der Waals surface area contributed by atoms with Gasteiger partial charge in [-0.25, -0.2) is 9.97 Å². The van der Waals surface area contributed by atoms with E-state index >= 15 is 0 Å². The molecule has 1 aromatic heterocycles. The molecule has 1 heterocycles. The van der Waals surface area contributed by atoms with E-state index in [1.807, 2.05) is 0 Å². The highest BCUT2D eigenvalue weighted by Gasteiger charge is 2.19. The zero-order chi connectivity index (χ0) is 16.8. The first kappa shape index (κ1) is 16.7. The molecule has 9 heteroatoms. The average Bonchev–Trinajstić information content (AvgIpc) is 2.55. The molecule has 0 saturated carbocycles. The molecule has 0 radical (unpaired) electrons. The van der Waals surface area contributed by atoms with Crippen LogP contribution in [-0.4, -0.2) is 33.2 Å². The van der Waals surface area contributed by atoms with E-state index in [2.05, 4.69) is 15.3 Å². The summed E-state index contributed by atoms with van der Waals surface area (Å²) in [4.78, 5) is 30.5. The molecule has 1 atom stereocenters. The van der Waals surface area contributed by atoms with Gasteiger partial charge in [0.05, 0.1) is 29.0 Å². The Hall–Kier alpha value is -2.68. The molecule has 120 valence electrons. The van der Waals surface area contributed by atoms with Gasteiger partial charge in [0.25, 0.3) is 5.69 Å². The number of hydrogen-bond acceptors (Lipinski definition) is 7. The van der Waals surface area contributed by atoms with Crippen molar-refractivity contribution in [1.29, 1.82) is 0 Å². The third-order valence-corrected chi connectivity index (χ3v) is 3.84. The van der Waals surface area contributed by atoms with Crippen molar-refractivity contribution < 1.29 is 14.5 Å². The molecule has 2 aromatic rings. The van der Waals surface area contributed by atoms with Gasteiger partial charge in [0.2, 0.25) is 5.91 Å². The van der Waals surface area contributed by atoms with Crippen molar-refractivity contribution in [1.82, 2.24) is 9.97 Å². The molecule has 0 aliphatic heterocycles. The number of non-ortho nitro benzene ring substituents is 1. The van der Waals surface area contributed by atoms with E-state index in [4.69, 9.17) is 4.74 Å². The smallest absolute Gasteiger partial charge is 0.273 e. The van der Waals surface area contributed by atoms with Crippen LogP contribution in [0, 0.1) is 10.1 Å². The van der Waals surface area contributed by atoms with Crippen LogP contribution in [0.3, 0.4) is 0 Å². The summed E-state index contributed by atoms with van der Waals surface area (Å²) in [5.74, 6) is -0.0599. The molecule has 0 unspecified atom stereocenters. The highest BCUT2D eigenvalue weighted by atomic mass is 32.2. The first-order valence-electron chi connectivity index (χ1n) is 6.58. The van der Waals surface area contributed by atoms with Crippen LogP contribution in [0.2, 0.25) is 0 Å². The average molecular weight is 334 g/mol. The normalized spacial score (nSPS) is 11.6. The highest BCUT2D eigenvalue weighted by molar-refractivity contribution is 8.00. The summed E-state index contributed by atoms with van der Waals surface area (Å²) in [6, 6.07) is 5.69. The minimum Gasteiger partial charge on any atom is -0.494 e. The van der Waals surface area contributed by atoms with Gasteiger partial charge in [-0.15, -0.1) is 0 Å². The number of thioether (sulfide) groups is 1. The quantitative estimate of drug-likeness (QED) is 0.374. The van der Waals surface area contributed by atoms with Gasteiger partial charge in [-0.1, -0.05) is 11.8 Å². The van der Waals surface area contributed by atoms with E-state index in [-0.39, 0.29) is 17.3 Å². The summed E-state index contributed by atoms with van der Waals surface area (Å²) in [5, 5.41) is 13.5. The Balaban J connectivity index is 2.08. The summed E-state index contributed by atoms with van der Waals surface area (Å²) in [6.45, 7) is 1.72. The van der Waals surface area contributed by atoms with Crippen LogP contribution in [0.25, 0.3) is 0 Å². The molecular weight excluding hydrogens is 320 g/mol. The van der Waals surface area contributed by atoms with Gasteiger partial charge in [-0.2, -0.15) is 0 Å². The van der Waals surface area contributed by atoms with Crippen molar-refractivity contribution in [3.05, 3.63) is 46.8 Å². The van der Waals surface area contributed by atoms with Gasteiger partial charge >= 0.3 is 0 Å². The number of carbonyl (C=O) groups excluding carboxylic acids is 1. The van der Waals surface area contributed by atoms with E-state index in [1.54, 1.807) is 25.4 Å². The minimum absolute atomic E-state index is 0.111. The number of carbonyl (C=O) groups is 1. The lowest BCUT2D eigenvalue weighted by atomic mass is 10.2. The number of ether oxygens (including phenoxy) is 1. The fourth-order valence-corrected chi connectivity index (χ4v) is 2.41. The number of nitro benzene ring substituents is 1. The number of anilines is 1. The second-order valence-electron chi connectivity index (χ2n) is 4.42. The molecule has 2 rings (SSSR count). The molecule has 8 nitrogen and oxygen atoms in total. The van der Waals surface area contributed by atoms with Gasteiger partial charge < -0.3 is 10.1 Å². The Bertz CT molecular complexity index is 711. The largest absolute Gasteiger partial charge is 0.494 e. The molecule has 23 heavy (non-hydrogen) atoms. The van der Waals surface area contributed by atoms with E-state index in [0.717, 1.165) is 0 Å². The third kappa shape index (κ3) is 4.39. The van der Waals surface area contributed by atoms with Crippen molar-refractivity contribution in [2.45, 2.75) is 17.3 Å². The molecule has 1 aromatic carbocycles. The lowest BCUT2D eigenvalue weighted by Gasteiger charge is -2.13. The molecule has 1 N–H and O–H groups in total. The number of methoxy groups -OCH3 is 1. The van der Waals surface area contributed by atoms with Crippen LogP contribution >= 0.6 is 11.8 Å². The van der Waals surface area contributed by atoms with Crippen LogP contribution < -0.4 is 10.1 Å². The molecule has 0 aliphatic carbocycles. The minimum atomic E-state index is -0.528. The number of nitro groups is 1. The second kappa shape index (κ2) is 7.54. The van der Waals surface area contributed by atoms with Crippen molar-refractivity contribution in [2.75, 3.05) is 12.4 Å². The fourth-order valence-electron chi connectivity index (χ4n) is 1.69. The number of nitrogens with one attached hydrogen (secondary N) is 1. The van der Waals surface area contributed by atoms with Crippen LogP contribution in [0.15, 0.2) is 41.8 Å². The lowest BCUT2D eigenvalue weighted by molar-refractivity contribution is -0.384. The summed E-state index contributed by atoms with van der Waals surface area (Å²) in [5.41, 5.74) is 0.254. The summed E-state index contributed by atoms with van der Waals surface area (Å²) >= 11 is 1.21. The van der Waals surface area contributed by atoms with Crippen molar-refractivity contribution in [3.8, 4) is 5.75 Å². The van der Waals surface area contributed by atoms with Crippen LogP contribution in [0.5, 0.6) is 5.75 Å². The SMILES string of the molecule is COc1cc([N+](=O)[O-])ccc1NC(=O)[C@@H](C)Sc1ncccn1. The van der Waals surface area contributed by atoms with E-state index in [9.17, 15) is 14.9 Å². The van der Waals surface area contributed by atoms with Crippen molar-refractivity contribution >= 4 is 29.0 Å². The molecular formula is C14H14N4O4S. The van der Waals surface area contributed by atoms with E-state index in [1.165, 1.54) is 37.1 Å². The topological polar surface area (TPSA) is 107 Å². The zero-order valence-corrected chi connectivity index (χ0v) is 13.2. The number of rotatable bonds is 6. The Morgan fingerprint density at radius 1 is 1.39 bits per heavy atom. The molecule has 0 saturated heterocycles. The third-order valence-electron chi connectivity index (χ3n) is 2.85. The summed E-state index contributed by atoms with van der Waals surface area (Å²) in [6.07, 6.45) is 3.19. The molecule has 0 fully saturated rings. The first-order valence-corrected chi connectivity index (χ1v) is 7.46. The van der Waals surface area contributed by atoms with Gasteiger partial charge in [0, 0.05) is 18.5 Å². The molecule has 1 amide bonds. The van der Waals surface area contributed by atoms with Crippen LogP contribution in [0.1, 0.15) is 6.92 Å². The predicted molar refractivity (Wildman–Crippen MR) is 85.6 cm³/mol. The standard InChI is InChI=1S/C14H14N4O4S/c1-9(23-14-15-6-3-7-16-14)13(19)17-11-5-4-10(18(20)21)8-12(11)22-2/h3-9H,1-2H3,(H,17,19)/t9-/m1/s1. The van der Waals surface area contributed by atoms with Gasteiger partial charge in [-0.05, 0) is 19.1 Å². The number of benzene rings is 1. The predicted octanol–water partition coefficient (Wildman–Crippen LogP) is 2.51. The zero-order valence-electron chi connectivity index (χ0n) is 12.4. The van der Waals surface area contributed by atoms with Crippen molar-refractivity contribution in [3.63, 3.8) is 0 Å².